The first-order valence-electron chi connectivity index (χ1n) is 11.7. The van der Waals surface area contributed by atoms with Gasteiger partial charge < -0.3 is 19.3 Å². The second-order valence-electron chi connectivity index (χ2n) is 8.76. The SMILES string of the molecule is COCCN1CCN(c2ccc3c(c2)C(N(C)C(=O)OCc2ccccc2)CCC3)CC1. The van der Waals surface area contributed by atoms with Gasteiger partial charge in [0.25, 0.3) is 0 Å². The molecule has 0 radical (unpaired) electrons. The van der Waals surface area contributed by atoms with E-state index in [0.29, 0.717) is 6.61 Å². The van der Waals surface area contributed by atoms with Crippen LogP contribution in [0.25, 0.3) is 0 Å². The minimum Gasteiger partial charge on any atom is -0.445 e. The summed E-state index contributed by atoms with van der Waals surface area (Å²) < 4.78 is 10.8. The number of rotatable bonds is 7. The van der Waals surface area contributed by atoms with Crippen molar-refractivity contribution >= 4 is 11.8 Å². The van der Waals surface area contributed by atoms with E-state index in [-0.39, 0.29) is 12.1 Å². The van der Waals surface area contributed by atoms with Crippen LogP contribution in [-0.4, -0.2) is 69.4 Å². The fourth-order valence-corrected chi connectivity index (χ4v) is 4.76. The van der Waals surface area contributed by atoms with Crippen molar-refractivity contribution in [1.82, 2.24) is 9.80 Å². The van der Waals surface area contributed by atoms with Crippen molar-refractivity contribution in [2.75, 3.05) is 58.4 Å². The number of anilines is 1. The highest BCUT2D eigenvalue weighted by Crippen LogP contribution is 2.36. The molecule has 4 rings (SSSR count). The highest BCUT2D eigenvalue weighted by Gasteiger charge is 2.29. The molecule has 0 saturated carbocycles. The van der Waals surface area contributed by atoms with Crippen LogP contribution < -0.4 is 4.90 Å². The van der Waals surface area contributed by atoms with Crippen molar-refractivity contribution in [2.45, 2.75) is 31.9 Å². The Morgan fingerprint density at radius 3 is 2.62 bits per heavy atom. The van der Waals surface area contributed by atoms with E-state index in [4.69, 9.17) is 9.47 Å². The smallest absolute Gasteiger partial charge is 0.410 e. The first-order chi connectivity index (χ1) is 15.7. The van der Waals surface area contributed by atoms with Gasteiger partial charge in [-0.25, -0.2) is 4.79 Å². The number of ether oxygens (including phenoxy) is 2. The molecule has 0 aromatic heterocycles. The maximum atomic E-state index is 12.8. The summed E-state index contributed by atoms with van der Waals surface area (Å²) in [6.45, 7) is 6.21. The molecule has 0 spiro atoms. The van der Waals surface area contributed by atoms with Crippen LogP contribution in [-0.2, 0) is 22.5 Å². The number of carbonyl (C=O) groups excluding carboxylic acids is 1. The Morgan fingerprint density at radius 2 is 1.88 bits per heavy atom. The zero-order valence-corrected chi connectivity index (χ0v) is 19.3. The van der Waals surface area contributed by atoms with Gasteiger partial charge in [-0.15, -0.1) is 0 Å². The van der Waals surface area contributed by atoms with Crippen LogP contribution in [0, 0.1) is 0 Å². The monoisotopic (exact) mass is 437 g/mol. The lowest BCUT2D eigenvalue weighted by atomic mass is 9.86. The standard InChI is InChI=1S/C26H35N3O3/c1-27(26(30)32-20-21-7-4-3-5-8-21)25-10-6-9-22-11-12-23(19-24(22)25)29-15-13-28(14-16-29)17-18-31-2/h3-5,7-8,11-12,19,25H,6,9-10,13-18,20H2,1-2H3. The Kier molecular flexibility index (Phi) is 7.66. The molecule has 1 aliphatic carbocycles. The summed E-state index contributed by atoms with van der Waals surface area (Å²) in [6, 6.07) is 16.7. The average molecular weight is 438 g/mol. The number of methoxy groups -OCH3 is 1. The van der Waals surface area contributed by atoms with E-state index in [1.807, 2.05) is 37.4 Å². The topological polar surface area (TPSA) is 45.2 Å². The summed E-state index contributed by atoms with van der Waals surface area (Å²) in [7, 11) is 3.63. The second kappa shape index (κ2) is 10.8. The molecule has 1 fully saturated rings. The first kappa shape index (κ1) is 22.6. The summed E-state index contributed by atoms with van der Waals surface area (Å²) in [6.07, 6.45) is 2.87. The molecular weight excluding hydrogens is 402 g/mol. The zero-order chi connectivity index (χ0) is 22.3. The Labute approximate surface area is 191 Å². The van der Waals surface area contributed by atoms with Crippen LogP contribution in [0.1, 0.15) is 35.6 Å². The number of hydrogen-bond acceptors (Lipinski definition) is 5. The summed E-state index contributed by atoms with van der Waals surface area (Å²) in [5.41, 5.74) is 4.89. The van der Waals surface area contributed by atoms with Gasteiger partial charge in [0.05, 0.1) is 12.6 Å². The lowest BCUT2D eigenvalue weighted by molar-refractivity contribution is 0.0876. The Bertz CT molecular complexity index is 881. The van der Waals surface area contributed by atoms with Crippen LogP contribution in [0.5, 0.6) is 0 Å². The lowest BCUT2D eigenvalue weighted by Crippen LogP contribution is -2.47. The van der Waals surface area contributed by atoms with Gasteiger partial charge in [-0.05, 0) is 48.1 Å². The minimum atomic E-state index is -0.260. The van der Waals surface area contributed by atoms with Gasteiger partial charge in [-0.3, -0.25) is 4.90 Å². The molecule has 1 unspecified atom stereocenters. The molecule has 1 amide bonds. The molecule has 32 heavy (non-hydrogen) atoms. The summed E-state index contributed by atoms with van der Waals surface area (Å²) in [4.78, 5) is 19.5. The molecule has 1 saturated heterocycles. The van der Waals surface area contributed by atoms with Crippen LogP contribution in [0.4, 0.5) is 10.5 Å². The molecule has 2 aromatic rings. The van der Waals surface area contributed by atoms with Crippen LogP contribution in [0.15, 0.2) is 48.5 Å². The average Bonchev–Trinajstić information content (AvgIpc) is 2.86. The van der Waals surface area contributed by atoms with Crippen molar-refractivity contribution < 1.29 is 14.3 Å². The predicted octanol–water partition coefficient (Wildman–Crippen LogP) is 4.10. The van der Waals surface area contributed by atoms with E-state index in [0.717, 1.165) is 64.2 Å². The molecule has 1 aliphatic heterocycles. The maximum absolute atomic E-state index is 12.8. The van der Waals surface area contributed by atoms with E-state index in [9.17, 15) is 4.79 Å². The second-order valence-corrected chi connectivity index (χ2v) is 8.76. The van der Waals surface area contributed by atoms with E-state index < -0.39 is 0 Å². The van der Waals surface area contributed by atoms with Crippen molar-refractivity contribution in [3.8, 4) is 0 Å². The van der Waals surface area contributed by atoms with Gasteiger partial charge in [0.1, 0.15) is 6.61 Å². The number of hydrogen-bond donors (Lipinski definition) is 0. The third-order valence-electron chi connectivity index (χ3n) is 6.72. The quantitative estimate of drug-likeness (QED) is 0.653. The molecular formula is C26H35N3O3. The molecule has 172 valence electrons. The molecule has 1 atom stereocenters. The van der Waals surface area contributed by atoms with E-state index in [1.54, 1.807) is 12.0 Å². The predicted molar refractivity (Wildman–Crippen MR) is 127 cm³/mol. The number of aryl methyl sites for hydroxylation is 1. The third kappa shape index (κ3) is 5.43. The van der Waals surface area contributed by atoms with Gasteiger partial charge in [-0.1, -0.05) is 36.4 Å². The van der Waals surface area contributed by atoms with Gasteiger partial charge >= 0.3 is 6.09 Å². The molecule has 2 aliphatic rings. The molecule has 0 N–H and O–H groups in total. The fourth-order valence-electron chi connectivity index (χ4n) is 4.76. The van der Waals surface area contributed by atoms with Crippen LogP contribution >= 0.6 is 0 Å². The minimum absolute atomic E-state index is 0.0602. The molecule has 1 heterocycles. The number of benzene rings is 2. The third-order valence-corrected chi connectivity index (χ3v) is 6.72. The number of nitrogens with zero attached hydrogens (tertiary/aromatic N) is 3. The van der Waals surface area contributed by atoms with E-state index in [1.165, 1.54) is 16.8 Å². The maximum Gasteiger partial charge on any atom is 0.410 e. The summed E-state index contributed by atoms with van der Waals surface area (Å²) >= 11 is 0. The number of amides is 1. The molecule has 6 nitrogen and oxygen atoms in total. The highest BCUT2D eigenvalue weighted by molar-refractivity contribution is 5.68. The Hall–Kier alpha value is -2.57. The van der Waals surface area contributed by atoms with Crippen molar-refractivity contribution in [3.63, 3.8) is 0 Å². The van der Waals surface area contributed by atoms with Crippen molar-refractivity contribution in [2.24, 2.45) is 0 Å². The van der Waals surface area contributed by atoms with Crippen molar-refractivity contribution in [1.29, 1.82) is 0 Å². The summed E-state index contributed by atoms with van der Waals surface area (Å²) in [5, 5.41) is 0. The zero-order valence-electron chi connectivity index (χ0n) is 19.3. The molecule has 6 heteroatoms. The largest absolute Gasteiger partial charge is 0.445 e. The van der Waals surface area contributed by atoms with E-state index in [2.05, 4.69) is 28.0 Å². The van der Waals surface area contributed by atoms with Crippen LogP contribution in [0.2, 0.25) is 0 Å². The highest BCUT2D eigenvalue weighted by atomic mass is 16.6. The van der Waals surface area contributed by atoms with Crippen molar-refractivity contribution in [3.05, 3.63) is 65.2 Å². The van der Waals surface area contributed by atoms with Gasteiger partial charge in [0, 0.05) is 52.6 Å². The fraction of sp³-hybridized carbons (Fsp3) is 0.500. The molecule has 2 aromatic carbocycles. The summed E-state index contributed by atoms with van der Waals surface area (Å²) in [5.74, 6) is 0. The number of carbonyl (C=O) groups is 1. The van der Waals surface area contributed by atoms with Crippen LogP contribution in [0.3, 0.4) is 0 Å². The lowest BCUT2D eigenvalue weighted by Gasteiger charge is -2.37. The Balaban J connectivity index is 1.41. The molecule has 0 bridgehead atoms. The van der Waals surface area contributed by atoms with E-state index >= 15 is 0 Å². The number of piperazine rings is 1. The van der Waals surface area contributed by atoms with Gasteiger partial charge in [0.2, 0.25) is 0 Å². The first-order valence-corrected chi connectivity index (χ1v) is 11.7. The normalized spacial score (nSPS) is 18.8. The number of fused-ring (bicyclic) bond motifs is 1. The Morgan fingerprint density at radius 1 is 1.09 bits per heavy atom. The van der Waals surface area contributed by atoms with Gasteiger partial charge in [-0.2, -0.15) is 0 Å². The van der Waals surface area contributed by atoms with Gasteiger partial charge in [0.15, 0.2) is 0 Å².